The standard InChI is InChI=1S/C20H19FN2O3S/c1-14-5-4-6-15(11-14)26-10-9-22-19(24)12-23-18(13-27-20(23)25)16-7-2-3-8-17(16)21/h2-8,11,13H,9-10,12H2,1H3,(H,22,24). The van der Waals surface area contributed by atoms with Gasteiger partial charge in [-0.05, 0) is 36.8 Å². The quantitative estimate of drug-likeness (QED) is 0.635. The monoisotopic (exact) mass is 386 g/mol. The van der Waals surface area contributed by atoms with E-state index in [1.165, 1.54) is 10.6 Å². The van der Waals surface area contributed by atoms with Crippen LogP contribution < -0.4 is 14.9 Å². The molecule has 0 atom stereocenters. The Balaban J connectivity index is 1.58. The molecule has 3 aromatic rings. The van der Waals surface area contributed by atoms with Gasteiger partial charge in [-0.15, -0.1) is 0 Å². The van der Waals surface area contributed by atoms with Crippen LogP contribution in [0.1, 0.15) is 5.56 Å². The highest BCUT2D eigenvalue weighted by atomic mass is 32.1. The fourth-order valence-electron chi connectivity index (χ4n) is 2.62. The van der Waals surface area contributed by atoms with E-state index in [-0.39, 0.29) is 17.3 Å². The van der Waals surface area contributed by atoms with Gasteiger partial charge in [0.15, 0.2) is 0 Å². The second kappa shape index (κ2) is 8.64. The normalized spacial score (nSPS) is 10.6. The smallest absolute Gasteiger partial charge is 0.308 e. The number of hydrogen-bond acceptors (Lipinski definition) is 4. The maximum Gasteiger partial charge on any atom is 0.308 e. The van der Waals surface area contributed by atoms with Gasteiger partial charge in [0.05, 0.1) is 12.2 Å². The summed E-state index contributed by atoms with van der Waals surface area (Å²) >= 11 is 0.940. The molecule has 0 fully saturated rings. The van der Waals surface area contributed by atoms with Gasteiger partial charge in [0.2, 0.25) is 5.91 Å². The van der Waals surface area contributed by atoms with Gasteiger partial charge >= 0.3 is 4.87 Å². The highest BCUT2D eigenvalue weighted by Crippen LogP contribution is 2.22. The fourth-order valence-corrected chi connectivity index (χ4v) is 3.38. The number of ether oxygens (including phenoxy) is 1. The predicted octanol–water partition coefficient (Wildman–Crippen LogP) is 3.22. The van der Waals surface area contributed by atoms with Crippen LogP contribution in [0.15, 0.2) is 58.7 Å². The van der Waals surface area contributed by atoms with Crippen molar-refractivity contribution >= 4 is 17.2 Å². The number of carbonyl (C=O) groups excluding carboxylic acids is 1. The molecule has 5 nitrogen and oxygen atoms in total. The van der Waals surface area contributed by atoms with E-state index in [4.69, 9.17) is 4.74 Å². The Kier molecular flexibility index (Phi) is 6.03. The summed E-state index contributed by atoms with van der Waals surface area (Å²) in [4.78, 5) is 23.9. The average Bonchev–Trinajstić information content (AvgIpc) is 3.00. The summed E-state index contributed by atoms with van der Waals surface area (Å²) in [5.41, 5.74) is 1.79. The molecule has 1 heterocycles. The number of thiazole rings is 1. The van der Waals surface area contributed by atoms with Crippen LogP contribution in [0.4, 0.5) is 4.39 Å². The topological polar surface area (TPSA) is 60.3 Å². The second-order valence-corrected chi connectivity index (χ2v) is 6.79. The van der Waals surface area contributed by atoms with Gasteiger partial charge in [0, 0.05) is 10.9 Å². The zero-order valence-electron chi connectivity index (χ0n) is 14.8. The van der Waals surface area contributed by atoms with Gasteiger partial charge in [-0.2, -0.15) is 0 Å². The third kappa shape index (κ3) is 4.83. The average molecular weight is 386 g/mol. The molecule has 3 rings (SSSR count). The molecule has 1 amide bonds. The molecule has 1 aromatic heterocycles. The minimum atomic E-state index is -0.434. The predicted molar refractivity (Wildman–Crippen MR) is 104 cm³/mol. The molecule has 0 saturated heterocycles. The molecule has 0 spiro atoms. The Hall–Kier alpha value is -2.93. The van der Waals surface area contributed by atoms with Crippen molar-refractivity contribution in [2.75, 3.05) is 13.2 Å². The Morgan fingerprint density at radius 3 is 2.81 bits per heavy atom. The lowest BCUT2D eigenvalue weighted by molar-refractivity contribution is -0.121. The van der Waals surface area contributed by atoms with E-state index in [0.717, 1.165) is 22.6 Å². The van der Waals surface area contributed by atoms with Crippen LogP contribution in [0.5, 0.6) is 5.75 Å². The summed E-state index contributed by atoms with van der Waals surface area (Å²) in [5.74, 6) is -0.0305. The summed E-state index contributed by atoms with van der Waals surface area (Å²) in [6, 6.07) is 13.8. The highest BCUT2D eigenvalue weighted by molar-refractivity contribution is 7.07. The van der Waals surface area contributed by atoms with Gasteiger partial charge in [0.1, 0.15) is 24.7 Å². The van der Waals surface area contributed by atoms with Crippen molar-refractivity contribution in [3.63, 3.8) is 0 Å². The lowest BCUT2D eigenvalue weighted by Crippen LogP contribution is -2.33. The zero-order chi connectivity index (χ0) is 19.2. The minimum Gasteiger partial charge on any atom is -0.492 e. The molecular formula is C20H19FN2O3S. The van der Waals surface area contributed by atoms with Crippen molar-refractivity contribution in [2.24, 2.45) is 0 Å². The highest BCUT2D eigenvalue weighted by Gasteiger charge is 2.15. The number of aryl methyl sites for hydroxylation is 1. The summed E-state index contributed by atoms with van der Waals surface area (Å²) in [6.07, 6.45) is 0. The number of rotatable bonds is 7. The van der Waals surface area contributed by atoms with Crippen molar-refractivity contribution in [3.8, 4) is 17.0 Å². The van der Waals surface area contributed by atoms with E-state index in [2.05, 4.69) is 5.32 Å². The number of amides is 1. The maximum atomic E-state index is 14.0. The van der Waals surface area contributed by atoms with Crippen LogP contribution in [-0.2, 0) is 11.3 Å². The van der Waals surface area contributed by atoms with E-state index in [9.17, 15) is 14.0 Å². The Morgan fingerprint density at radius 1 is 1.22 bits per heavy atom. The molecule has 0 radical (unpaired) electrons. The van der Waals surface area contributed by atoms with E-state index < -0.39 is 5.82 Å². The molecule has 2 aromatic carbocycles. The molecule has 0 aliphatic carbocycles. The first-order valence-electron chi connectivity index (χ1n) is 8.44. The SMILES string of the molecule is Cc1cccc(OCCNC(=O)Cn2c(-c3ccccc3F)csc2=O)c1. The molecular weight excluding hydrogens is 367 g/mol. The molecule has 27 heavy (non-hydrogen) atoms. The third-order valence-corrected chi connectivity index (χ3v) is 4.68. The lowest BCUT2D eigenvalue weighted by Gasteiger charge is -2.10. The number of nitrogens with zero attached hydrogens (tertiary/aromatic N) is 1. The number of benzene rings is 2. The van der Waals surface area contributed by atoms with Crippen LogP contribution in [0.3, 0.4) is 0 Å². The second-order valence-electron chi connectivity index (χ2n) is 5.97. The Labute approximate surface area is 160 Å². The number of carbonyl (C=O) groups is 1. The largest absolute Gasteiger partial charge is 0.492 e. The number of nitrogens with one attached hydrogen (secondary N) is 1. The Bertz CT molecular complexity index is 997. The first-order chi connectivity index (χ1) is 13.0. The van der Waals surface area contributed by atoms with Crippen LogP contribution in [-0.4, -0.2) is 23.6 Å². The maximum absolute atomic E-state index is 14.0. The lowest BCUT2D eigenvalue weighted by atomic mass is 10.1. The molecule has 0 saturated carbocycles. The first kappa shape index (κ1) is 18.8. The molecule has 0 bridgehead atoms. The van der Waals surface area contributed by atoms with E-state index in [1.54, 1.807) is 23.6 Å². The van der Waals surface area contributed by atoms with Crippen LogP contribution in [0.2, 0.25) is 0 Å². The molecule has 7 heteroatoms. The van der Waals surface area contributed by atoms with Crippen molar-refractivity contribution < 1.29 is 13.9 Å². The summed E-state index contributed by atoms with van der Waals surface area (Å²) in [6.45, 7) is 2.42. The van der Waals surface area contributed by atoms with Crippen LogP contribution in [0, 0.1) is 12.7 Å². The molecule has 140 valence electrons. The first-order valence-corrected chi connectivity index (χ1v) is 9.32. The Morgan fingerprint density at radius 2 is 2.04 bits per heavy atom. The van der Waals surface area contributed by atoms with Gasteiger partial charge < -0.3 is 10.1 Å². The van der Waals surface area contributed by atoms with Crippen molar-refractivity contribution in [1.29, 1.82) is 0 Å². The molecule has 0 unspecified atom stereocenters. The number of halogens is 1. The van der Waals surface area contributed by atoms with Crippen LogP contribution >= 0.6 is 11.3 Å². The van der Waals surface area contributed by atoms with Crippen molar-refractivity contribution in [1.82, 2.24) is 9.88 Å². The third-order valence-electron chi connectivity index (χ3n) is 3.92. The van der Waals surface area contributed by atoms with Crippen molar-refractivity contribution in [2.45, 2.75) is 13.5 Å². The minimum absolute atomic E-state index is 0.170. The van der Waals surface area contributed by atoms with E-state index in [0.29, 0.717) is 24.4 Å². The molecule has 1 N–H and O–H groups in total. The van der Waals surface area contributed by atoms with Gasteiger partial charge in [0.25, 0.3) is 0 Å². The summed E-state index contributed by atoms with van der Waals surface area (Å²) < 4.78 is 20.9. The summed E-state index contributed by atoms with van der Waals surface area (Å²) in [5, 5.41) is 4.28. The number of aromatic nitrogens is 1. The van der Waals surface area contributed by atoms with Gasteiger partial charge in [-0.1, -0.05) is 35.6 Å². The van der Waals surface area contributed by atoms with Gasteiger partial charge in [-0.3, -0.25) is 14.2 Å². The zero-order valence-corrected chi connectivity index (χ0v) is 15.6. The molecule has 0 aliphatic heterocycles. The van der Waals surface area contributed by atoms with Crippen LogP contribution in [0.25, 0.3) is 11.3 Å². The molecule has 0 aliphatic rings. The van der Waals surface area contributed by atoms with Gasteiger partial charge in [-0.25, -0.2) is 4.39 Å². The number of hydrogen-bond donors (Lipinski definition) is 1. The summed E-state index contributed by atoms with van der Waals surface area (Å²) in [7, 11) is 0. The van der Waals surface area contributed by atoms with Crippen molar-refractivity contribution in [3.05, 3.63) is 75.0 Å². The van der Waals surface area contributed by atoms with E-state index in [1.807, 2.05) is 31.2 Å². The fraction of sp³-hybridized carbons (Fsp3) is 0.200. The van der Waals surface area contributed by atoms with E-state index >= 15 is 0 Å².